The third-order valence-corrected chi connectivity index (χ3v) is 4.99. The molecule has 0 spiro atoms. The third-order valence-electron chi connectivity index (χ3n) is 4.99. The highest BCUT2D eigenvalue weighted by Crippen LogP contribution is 2.30. The Morgan fingerprint density at radius 1 is 1.18 bits per heavy atom. The van der Waals surface area contributed by atoms with Gasteiger partial charge in [0, 0.05) is 53.0 Å². The number of nitrogens with one attached hydrogen (secondary N) is 2. The number of aliphatic imine (C=N–C) groups is 1. The van der Waals surface area contributed by atoms with Crippen molar-refractivity contribution in [3.8, 4) is 0 Å². The SMILES string of the molecule is CCCC(=O)C1N=CC(c2cc3cnc(NC(=O)C4CC4)cc3cn2)=C(C)N1. The smallest absolute Gasteiger partial charge is 0.228 e. The van der Waals surface area contributed by atoms with E-state index < -0.39 is 6.17 Å². The first-order chi connectivity index (χ1) is 13.5. The first kappa shape index (κ1) is 18.3. The van der Waals surface area contributed by atoms with Crippen LogP contribution < -0.4 is 10.6 Å². The summed E-state index contributed by atoms with van der Waals surface area (Å²) in [6.07, 6.45) is 7.95. The fraction of sp³-hybridized carbons (Fsp3) is 0.381. The van der Waals surface area contributed by atoms with Gasteiger partial charge in [0.05, 0.1) is 5.69 Å². The number of carbonyl (C=O) groups is 2. The number of pyridine rings is 2. The topological polar surface area (TPSA) is 96.3 Å². The van der Waals surface area contributed by atoms with E-state index in [0.717, 1.165) is 47.0 Å². The molecule has 1 atom stereocenters. The highest BCUT2D eigenvalue weighted by atomic mass is 16.2. The Hall–Kier alpha value is -3.09. The summed E-state index contributed by atoms with van der Waals surface area (Å²) in [7, 11) is 0. The summed E-state index contributed by atoms with van der Waals surface area (Å²) >= 11 is 0. The van der Waals surface area contributed by atoms with Crippen LogP contribution in [0.15, 0.2) is 35.2 Å². The number of anilines is 1. The maximum atomic E-state index is 12.1. The molecule has 1 amide bonds. The van der Waals surface area contributed by atoms with E-state index in [4.69, 9.17) is 0 Å². The van der Waals surface area contributed by atoms with Crippen molar-refractivity contribution in [1.82, 2.24) is 15.3 Å². The molecule has 2 aromatic heterocycles. The number of hydrogen-bond donors (Lipinski definition) is 2. The number of Topliss-reactive ketones (excluding diaryl/α,β-unsaturated/α-hetero) is 1. The van der Waals surface area contributed by atoms with Crippen LogP contribution in [-0.4, -0.2) is 34.0 Å². The van der Waals surface area contributed by atoms with E-state index in [0.29, 0.717) is 12.2 Å². The lowest BCUT2D eigenvalue weighted by molar-refractivity contribution is -0.120. The van der Waals surface area contributed by atoms with Crippen LogP contribution in [0, 0.1) is 5.92 Å². The number of rotatable bonds is 6. The molecule has 3 heterocycles. The van der Waals surface area contributed by atoms with Gasteiger partial charge in [-0.25, -0.2) is 4.98 Å². The minimum absolute atomic E-state index is 0.0360. The third kappa shape index (κ3) is 3.78. The quantitative estimate of drug-likeness (QED) is 0.806. The lowest BCUT2D eigenvalue weighted by Gasteiger charge is -2.21. The van der Waals surface area contributed by atoms with Crippen molar-refractivity contribution in [2.45, 2.75) is 45.7 Å². The number of nitrogens with zero attached hydrogens (tertiary/aromatic N) is 3. The predicted octanol–water partition coefficient (Wildman–Crippen LogP) is 3.08. The number of carbonyl (C=O) groups excluding carboxylic acids is 2. The molecule has 0 aromatic carbocycles. The highest BCUT2D eigenvalue weighted by Gasteiger charge is 2.29. The molecule has 144 valence electrons. The van der Waals surface area contributed by atoms with E-state index in [2.05, 4.69) is 25.6 Å². The van der Waals surface area contributed by atoms with Crippen LogP contribution >= 0.6 is 0 Å². The molecule has 2 aromatic rings. The minimum Gasteiger partial charge on any atom is -0.361 e. The second kappa shape index (κ2) is 7.50. The summed E-state index contributed by atoms with van der Waals surface area (Å²) < 4.78 is 0. The fourth-order valence-corrected chi connectivity index (χ4v) is 3.20. The van der Waals surface area contributed by atoms with Crippen LogP contribution in [0.4, 0.5) is 5.82 Å². The van der Waals surface area contributed by atoms with Crippen molar-refractivity contribution in [3.63, 3.8) is 0 Å². The van der Waals surface area contributed by atoms with Gasteiger partial charge in [-0.1, -0.05) is 6.92 Å². The van der Waals surface area contributed by atoms with Crippen LogP contribution in [0.2, 0.25) is 0 Å². The molecule has 28 heavy (non-hydrogen) atoms. The Balaban J connectivity index is 1.54. The van der Waals surface area contributed by atoms with Crippen molar-refractivity contribution in [1.29, 1.82) is 0 Å². The lowest BCUT2D eigenvalue weighted by atomic mass is 10.1. The largest absolute Gasteiger partial charge is 0.361 e. The molecule has 7 nitrogen and oxygen atoms in total. The number of ketones is 1. The molecule has 1 aliphatic carbocycles. The zero-order chi connectivity index (χ0) is 19.7. The summed E-state index contributed by atoms with van der Waals surface area (Å²) in [5.74, 6) is 0.814. The number of aromatic nitrogens is 2. The number of hydrogen-bond acceptors (Lipinski definition) is 6. The summed E-state index contributed by atoms with van der Waals surface area (Å²) in [4.78, 5) is 37.2. The molecule has 4 rings (SSSR count). The van der Waals surface area contributed by atoms with Gasteiger partial charge in [0.2, 0.25) is 5.91 Å². The molecule has 1 unspecified atom stereocenters. The van der Waals surface area contributed by atoms with E-state index in [-0.39, 0.29) is 17.6 Å². The standard InChI is InChI=1S/C21H23N5O2/c1-3-4-18(27)20-24-11-16(12(2)25-20)17-7-14-10-23-19(8-15(14)9-22-17)26-21(28)13-5-6-13/h7-11,13,20,25H,3-6H2,1-2H3,(H,23,26,28). The van der Waals surface area contributed by atoms with E-state index >= 15 is 0 Å². The number of amides is 1. The Kier molecular flexibility index (Phi) is 4.90. The van der Waals surface area contributed by atoms with Crippen LogP contribution in [0.3, 0.4) is 0 Å². The molecule has 7 heteroatoms. The Morgan fingerprint density at radius 2 is 1.93 bits per heavy atom. The van der Waals surface area contributed by atoms with Gasteiger partial charge >= 0.3 is 0 Å². The Bertz CT molecular complexity index is 1010. The van der Waals surface area contributed by atoms with Crippen molar-refractivity contribution in [2.24, 2.45) is 10.9 Å². The fourth-order valence-electron chi connectivity index (χ4n) is 3.20. The van der Waals surface area contributed by atoms with Crippen LogP contribution in [0.1, 0.15) is 45.2 Å². The average molecular weight is 377 g/mol. The van der Waals surface area contributed by atoms with Crippen LogP contribution in [0.5, 0.6) is 0 Å². The zero-order valence-corrected chi connectivity index (χ0v) is 16.0. The minimum atomic E-state index is -0.511. The van der Waals surface area contributed by atoms with Gasteiger partial charge in [-0.3, -0.25) is 19.6 Å². The molecule has 0 bridgehead atoms. The van der Waals surface area contributed by atoms with Crippen LogP contribution in [-0.2, 0) is 9.59 Å². The van der Waals surface area contributed by atoms with Gasteiger partial charge in [0.15, 0.2) is 11.9 Å². The van der Waals surface area contributed by atoms with E-state index in [1.807, 2.05) is 26.0 Å². The van der Waals surface area contributed by atoms with Crippen molar-refractivity contribution < 1.29 is 9.59 Å². The van der Waals surface area contributed by atoms with E-state index in [9.17, 15) is 9.59 Å². The molecule has 1 fully saturated rings. The molecule has 1 saturated carbocycles. The van der Waals surface area contributed by atoms with Crippen molar-refractivity contribution in [3.05, 3.63) is 35.9 Å². The summed E-state index contributed by atoms with van der Waals surface area (Å²) in [5, 5.41) is 7.86. The molecular formula is C21H23N5O2. The first-order valence-electron chi connectivity index (χ1n) is 9.65. The second-order valence-corrected chi connectivity index (χ2v) is 7.33. The van der Waals surface area contributed by atoms with Gasteiger partial charge in [-0.2, -0.15) is 0 Å². The van der Waals surface area contributed by atoms with E-state index in [1.165, 1.54) is 0 Å². The predicted molar refractivity (Wildman–Crippen MR) is 109 cm³/mol. The first-order valence-corrected chi connectivity index (χ1v) is 9.65. The van der Waals surface area contributed by atoms with Gasteiger partial charge in [0.1, 0.15) is 5.82 Å². The Morgan fingerprint density at radius 3 is 2.64 bits per heavy atom. The maximum absolute atomic E-state index is 12.1. The lowest BCUT2D eigenvalue weighted by Crippen LogP contribution is -2.36. The second-order valence-electron chi connectivity index (χ2n) is 7.33. The zero-order valence-electron chi connectivity index (χ0n) is 16.0. The summed E-state index contributed by atoms with van der Waals surface area (Å²) in [6.45, 7) is 3.90. The molecule has 2 aliphatic rings. The van der Waals surface area contributed by atoms with Crippen molar-refractivity contribution >= 4 is 40.1 Å². The molecule has 2 N–H and O–H groups in total. The van der Waals surface area contributed by atoms with Gasteiger partial charge in [0.25, 0.3) is 0 Å². The number of allylic oxidation sites excluding steroid dienone is 2. The molecule has 0 saturated heterocycles. The monoisotopic (exact) mass is 377 g/mol. The Labute approximate surface area is 163 Å². The maximum Gasteiger partial charge on any atom is 0.228 e. The summed E-state index contributed by atoms with van der Waals surface area (Å²) in [5.41, 5.74) is 2.49. The normalized spacial score (nSPS) is 18.9. The molecule has 1 aliphatic heterocycles. The highest BCUT2D eigenvalue weighted by molar-refractivity contribution is 6.12. The summed E-state index contributed by atoms with van der Waals surface area (Å²) in [6, 6.07) is 3.77. The van der Waals surface area contributed by atoms with Gasteiger partial charge < -0.3 is 10.6 Å². The average Bonchev–Trinajstić information content (AvgIpc) is 3.53. The van der Waals surface area contributed by atoms with Gasteiger partial charge in [-0.15, -0.1) is 0 Å². The number of fused-ring (bicyclic) bond motifs is 1. The van der Waals surface area contributed by atoms with Crippen molar-refractivity contribution in [2.75, 3.05) is 5.32 Å². The molecule has 0 radical (unpaired) electrons. The van der Waals surface area contributed by atoms with E-state index in [1.54, 1.807) is 18.6 Å². The molecular weight excluding hydrogens is 354 g/mol. The van der Waals surface area contributed by atoms with Gasteiger partial charge in [-0.05, 0) is 38.3 Å². The van der Waals surface area contributed by atoms with Crippen LogP contribution in [0.25, 0.3) is 16.3 Å².